The SMILES string of the molecule is CCC(=O)c1ccc(C(=O)N2CCCC(N)C2)cc1.Cl. The van der Waals surface area contributed by atoms with Gasteiger partial charge in [-0.25, -0.2) is 0 Å². The maximum atomic E-state index is 12.3. The second kappa shape index (κ2) is 7.41. The molecular weight excluding hydrogens is 276 g/mol. The topological polar surface area (TPSA) is 63.4 Å². The van der Waals surface area contributed by atoms with Gasteiger partial charge in [0.05, 0.1) is 0 Å². The number of likely N-dealkylation sites (tertiary alicyclic amines) is 1. The number of nitrogens with zero attached hydrogens (tertiary/aromatic N) is 1. The van der Waals surface area contributed by atoms with Crippen LogP contribution >= 0.6 is 12.4 Å². The second-order valence-electron chi connectivity index (χ2n) is 5.01. The molecule has 1 saturated heterocycles. The van der Waals surface area contributed by atoms with Crippen LogP contribution in [-0.2, 0) is 0 Å². The van der Waals surface area contributed by atoms with Crippen LogP contribution in [-0.4, -0.2) is 35.7 Å². The van der Waals surface area contributed by atoms with Crippen molar-refractivity contribution in [2.24, 2.45) is 5.73 Å². The molecule has 1 aromatic carbocycles. The first kappa shape index (κ1) is 16.7. The van der Waals surface area contributed by atoms with E-state index in [2.05, 4.69) is 0 Å². The molecule has 1 fully saturated rings. The largest absolute Gasteiger partial charge is 0.337 e. The molecule has 1 aliphatic heterocycles. The van der Waals surface area contributed by atoms with Crippen molar-refractivity contribution in [1.29, 1.82) is 0 Å². The Morgan fingerprint density at radius 2 is 1.85 bits per heavy atom. The summed E-state index contributed by atoms with van der Waals surface area (Å²) in [6, 6.07) is 6.99. The molecule has 20 heavy (non-hydrogen) atoms. The van der Waals surface area contributed by atoms with E-state index >= 15 is 0 Å². The predicted molar refractivity (Wildman–Crippen MR) is 81.4 cm³/mol. The molecule has 1 aliphatic rings. The van der Waals surface area contributed by atoms with Gasteiger partial charge in [-0.1, -0.05) is 19.1 Å². The lowest BCUT2D eigenvalue weighted by Gasteiger charge is -2.30. The zero-order valence-corrected chi connectivity index (χ0v) is 12.5. The first-order valence-electron chi connectivity index (χ1n) is 6.80. The van der Waals surface area contributed by atoms with Crippen LogP contribution in [0.5, 0.6) is 0 Å². The van der Waals surface area contributed by atoms with Crippen molar-refractivity contribution in [1.82, 2.24) is 4.90 Å². The number of hydrogen-bond donors (Lipinski definition) is 1. The van der Waals surface area contributed by atoms with E-state index in [1.54, 1.807) is 29.2 Å². The van der Waals surface area contributed by atoms with Crippen molar-refractivity contribution < 1.29 is 9.59 Å². The molecular formula is C15H21ClN2O2. The minimum absolute atomic E-state index is 0. The van der Waals surface area contributed by atoms with Crippen molar-refractivity contribution in [3.05, 3.63) is 35.4 Å². The second-order valence-corrected chi connectivity index (χ2v) is 5.01. The summed E-state index contributed by atoms with van der Waals surface area (Å²) in [6.45, 7) is 3.22. The van der Waals surface area contributed by atoms with Gasteiger partial charge in [0.15, 0.2) is 5.78 Å². The Morgan fingerprint density at radius 1 is 1.25 bits per heavy atom. The van der Waals surface area contributed by atoms with Crippen LogP contribution in [0.15, 0.2) is 24.3 Å². The summed E-state index contributed by atoms with van der Waals surface area (Å²) >= 11 is 0. The van der Waals surface area contributed by atoms with E-state index in [-0.39, 0.29) is 30.1 Å². The normalized spacial score (nSPS) is 18.3. The van der Waals surface area contributed by atoms with Crippen LogP contribution in [0.1, 0.15) is 46.9 Å². The highest BCUT2D eigenvalue weighted by Gasteiger charge is 2.22. The van der Waals surface area contributed by atoms with Crippen LogP contribution in [0.25, 0.3) is 0 Å². The van der Waals surface area contributed by atoms with Gasteiger partial charge in [0.1, 0.15) is 0 Å². The van der Waals surface area contributed by atoms with E-state index in [1.807, 2.05) is 6.92 Å². The number of piperidine rings is 1. The Hall–Kier alpha value is -1.39. The lowest BCUT2D eigenvalue weighted by Crippen LogP contribution is -2.45. The molecule has 5 heteroatoms. The molecule has 0 spiro atoms. The van der Waals surface area contributed by atoms with Gasteiger partial charge in [-0.2, -0.15) is 0 Å². The fourth-order valence-corrected chi connectivity index (χ4v) is 2.38. The molecule has 0 aromatic heterocycles. The van der Waals surface area contributed by atoms with Gasteiger partial charge < -0.3 is 10.6 Å². The molecule has 110 valence electrons. The van der Waals surface area contributed by atoms with Gasteiger partial charge in [0, 0.05) is 36.7 Å². The van der Waals surface area contributed by atoms with Crippen LogP contribution in [0, 0.1) is 0 Å². The lowest BCUT2D eigenvalue weighted by atomic mass is 10.0. The first-order chi connectivity index (χ1) is 9.11. The van der Waals surface area contributed by atoms with Crippen molar-refractivity contribution in [2.45, 2.75) is 32.2 Å². The van der Waals surface area contributed by atoms with Gasteiger partial charge in [-0.15, -0.1) is 12.4 Å². The van der Waals surface area contributed by atoms with Crippen molar-refractivity contribution in [3.63, 3.8) is 0 Å². The average molecular weight is 297 g/mol. The van der Waals surface area contributed by atoms with Gasteiger partial charge in [0.25, 0.3) is 5.91 Å². The molecule has 0 radical (unpaired) electrons. The van der Waals surface area contributed by atoms with E-state index in [4.69, 9.17) is 5.73 Å². The monoisotopic (exact) mass is 296 g/mol. The minimum Gasteiger partial charge on any atom is -0.337 e. The summed E-state index contributed by atoms with van der Waals surface area (Å²) in [5.41, 5.74) is 7.17. The summed E-state index contributed by atoms with van der Waals surface area (Å²) in [4.78, 5) is 25.6. The zero-order chi connectivity index (χ0) is 13.8. The maximum absolute atomic E-state index is 12.3. The highest BCUT2D eigenvalue weighted by Crippen LogP contribution is 2.14. The lowest BCUT2D eigenvalue weighted by molar-refractivity contribution is 0.0708. The summed E-state index contributed by atoms with van der Waals surface area (Å²) in [5, 5.41) is 0. The van der Waals surface area contributed by atoms with Crippen LogP contribution in [0.2, 0.25) is 0 Å². The van der Waals surface area contributed by atoms with Crippen LogP contribution < -0.4 is 5.73 Å². The van der Waals surface area contributed by atoms with Crippen molar-refractivity contribution in [2.75, 3.05) is 13.1 Å². The Kier molecular flexibility index (Phi) is 6.17. The number of ketones is 1. The average Bonchev–Trinajstić information content (AvgIpc) is 2.46. The highest BCUT2D eigenvalue weighted by molar-refractivity contribution is 5.98. The number of Topliss-reactive ketones (excluding diaryl/α,β-unsaturated/α-hetero) is 1. The number of nitrogens with two attached hydrogens (primary N) is 1. The Morgan fingerprint density at radius 3 is 2.40 bits per heavy atom. The van der Waals surface area contributed by atoms with E-state index in [0.717, 1.165) is 19.4 Å². The minimum atomic E-state index is 0. The third kappa shape index (κ3) is 3.81. The van der Waals surface area contributed by atoms with Gasteiger partial charge >= 0.3 is 0 Å². The molecule has 2 rings (SSSR count). The molecule has 1 aromatic rings. The maximum Gasteiger partial charge on any atom is 0.253 e. The van der Waals surface area contributed by atoms with Gasteiger partial charge in [-0.05, 0) is 25.0 Å². The van der Waals surface area contributed by atoms with E-state index in [0.29, 0.717) is 24.1 Å². The van der Waals surface area contributed by atoms with Gasteiger partial charge in [0.2, 0.25) is 0 Å². The Bertz CT molecular complexity index is 473. The Balaban J connectivity index is 0.00000200. The first-order valence-corrected chi connectivity index (χ1v) is 6.80. The quantitative estimate of drug-likeness (QED) is 0.870. The van der Waals surface area contributed by atoms with Crippen LogP contribution in [0.3, 0.4) is 0 Å². The van der Waals surface area contributed by atoms with E-state index in [9.17, 15) is 9.59 Å². The summed E-state index contributed by atoms with van der Waals surface area (Å²) < 4.78 is 0. The summed E-state index contributed by atoms with van der Waals surface area (Å²) in [5.74, 6) is 0.102. The number of halogens is 1. The standard InChI is InChI=1S/C15H20N2O2.ClH/c1-2-14(18)11-5-7-12(8-6-11)15(19)17-9-3-4-13(16)10-17;/h5-8,13H,2-4,9-10,16H2,1H3;1H. The number of rotatable bonds is 3. The Labute approximate surface area is 125 Å². The number of carbonyl (C=O) groups excluding carboxylic acids is 2. The zero-order valence-electron chi connectivity index (χ0n) is 11.7. The third-order valence-corrected chi connectivity index (χ3v) is 3.52. The molecule has 1 amide bonds. The van der Waals surface area contributed by atoms with Gasteiger partial charge in [-0.3, -0.25) is 9.59 Å². The number of amides is 1. The smallest absolute Gasteiger partial charge is 0.253 e. The molecule has 1 heterocycles. The number of carbonyl (C=O) groups is 2. The molecule has 0 saturated carbocycles. The summed E-state index contributed by atoms with van der Waals surface area (Å²) in [6.07, 6.45) is 2.42. The number of hydrogen-bond acceptors (Lipinski definition) is 3. The molecule has 1 atom stereocenters. The van der Waals surface area contributed by atoms with Crippen LogP contribution in [0.4, 0.5) is 0 Å². The predicted octanol–water partition coefficient (Wildman–Crippen LogP) is 2.26. The number of benzene rings is 1. The third-order valence-electron chi connectivity index (χ3n) is 3.52. The highest BCUT2D eigenvalue weighted by atomic mass is 35.5. The van der Waals surface area contributed by atoms with E-state index in [1.165, 1.54) is 0 Å². The molecule has 4 nitrogen and oxygen atoms in total. The van der Waals surface area contributed by atoms with Crippen molar-refractivity contribution >= 4 is 24.1 Å². The molecule has 1 unspecified atom stereocenters. The van der Waals surface area contributed by atoms with E-state index < -0.39 is 0 Å². The van der Waals surface area contributed by atoms with Crippen molar-refractivity contribution in [3.8, 4) is 0 Å². The molecule has 2 N–H and O–H groups in total. The fourth-order valence-electron chi connectivity index (χ4n) is 2.38. The molecule has 0 bridgehead atoms. The fraction of sp³-hybridized carbons (Fsp3) is 0.467. The molecule has 0 aliphatic carbocycles. The summed E-state index contributed by atoms with van der Waals surface area (Å²) in [7, 11) is 0.